The van der Waals surface area contributed by atoms with Crippen LogP contribution in [0.25, 0.3) is 0 Å². The molecular weight excluding hydrogens is 704 g/mol. The first-order valence-electron chi connectivity index (χ1n) is 16.3. The lowest BCUT2D eigenvalue weighted by Gasteiger charge is -2.34. The number of nitrogens with zero attached hydrogens (tertiary/aromatic N) is 2. The van der Waals surface area contributed by atoms with E-state index in [9.17, 15) is 22.4 Å². The number of benzene rings is 4. The Balaban J connectivity index is 1.42. The Bertz CT molecular complexity index is 1920. The lowest BCUT2D eigenvalue weighted by Crippen LogP contribution is -2.54. The normalized spacial score (nSPS) is 14.9. The van der Waals surface area contributed by atoms with Gasteiger partial charge in [-0.25, -0.2) is 12.8 Å². The molecule has 0 aromatic heterocycles. The first kappa shape index (κ1) is 35.5. The molecule has 1 fully saturated rings. The molecular formula is C37H36Cl2FN3O6S. The number of carbonyl (C=O) groups excluding carboxylic acids is 2. The third-order valence-corrected chi connectivity index (χ3v) is 11.3. The minimum absolute atomic E-state index is 0.0420. The fourth-order valence-electron chi connectivity index (χ4n) is 6.22. The van der Waals surface area contributed by atoms with Crippen molar-refractivity contribution in [3.63, 3.8) is 0 Å². The smallest absolute Gasteiger partial charge is 0.264 e. The Morgan fingerprint density at radius 2 is 1.52 bits per heavy atom. The number of amides is 2. The van der Waals surface area contributed by atoms with Gasteiger partial charge >= 0.3 is 0 Å². The van der Waals surface area contributed by atoms with Crippen LogP contribution < -0.4 is 19.1 Å². The molecule has 1 heterocycles. The van der Waals surface area contributed by atoms with Crippen LogP contribution in [-0.4, -0.2) is 57.0 Å². The highest BCUT2D eigenvalue weighted by Gasteiger charge is 2.36. The number of nitrogens with one attached hydrogen (secondary N) is 1. The summed E-state index contributed by atoms with van der Waals surface area (Å²) in [5.74, 6) is -1.03. The fraction of sp³-hybridized carbons (Fsp3) is 0.297. The lowest BCUT2D eigenvalue weighted by molar-refractivity contribution is -0.140. The monoisotopic (exact) mass is 739 g/mol. The molecule has 1 N–H and O–H groups in total. The zero-order valence-electron chi connectivity index (χ0n) is 27.1. The number of halogens is 3. The first-order valence-corrected chi connectivity index (χ1v) is 18.5. The van der Waals surface area contributed by atoms with E-state index in [1.807, 2.05) is 30.3 Å². The Hall–Kier alpha value is -4.32. The van der Waals surface area contributed by atoms with Crippen LogP contribution in [0.1, 0.15) is 36.8 Å². The van der Waals surface area contributed by atoms with Gasteiger partial charge in [0.15, 0.2) is 11.5 Å². The van der Waals surface area contributed by atoms with Crippen LogP contribution >= 0.6 is 23.2 Å². The van der Waals surface area contributed by atoms with E-state index in [1.165, 1.54) is 35.2 Å². The molecule has 9 nitrogen and oxygen atoms in total. The summed E-state index contributed by atoms with van der Waals surface area (Å²) in [6.07, 6.45) is 3.74. The molecule has 2 aliphatic rings. The van der Waals surface area contributed by atoms with Gasteiger partial charge in [0.1, 0.15) is 31.6 Å². The van der Waals surface area contributed by atoms with Crippen molar-refractivity contribution in [2.45, 2.75) is 55.6 Å². The van der Waals surface area contributed by atoms with Crippen LogP contribution in [-0.2, 0) is 32.6 Å². The SMILES string of the molecule is O=C(NC1CCCC1)[C@H](Cc1ccccc1)N(Cc1c(Cl)cccc1Cl)C(=O)CN(c1ccc(F)cc1)S(=O)(=O)c1ccc2c(c1)OCCO2. The Labute approximate surface area is 300 Å². The zero-order valence-corrected chi connectivity index (χ0v) is 29.4. The van der Waals surface area contributed by atoms with Gasteiger partial charge in [0, 0.05) is 40.7 Å². The highest BCUT2D eigenvalue weighted by molar-refractivity contribution is 7.92. The molecule has 13 heteroatoms. The first-order chi connectivity index (χ1) is 24.1. The van der Waals surface area contributed by atoms with Gasteiger partial charge < -0.3 is 19.7 Å². The van der Waals surface area contributed by atoms with Crippen LogP contribution in [0.4, 0.5) is 10.1 Å². The molecule has 50 heavy (non-hydrogen) atoms. The van der Waals surface area contributed by atoms with E-state index in [0.717, 1.165) is 47.7 Å². The van der Waals surface area contributed by atoms with E-state index in [0.29, 0.717) is 17.9 Å². The number of rotatable bonds is 12. The summed E-state index contributed by atoms with van der Waals surface area (Å²) >= 11 is 13.2. The maximum atomic E-state index is 14.7. The molecule has 0 bridgehead atoms. The molecule has 4 aromatic carbocycles. The largest absolute Gasteiger partial charge is 0.486 e. The van der Waals surface area contributed by atoms with Crippen molar-refractivity contribution < 1.29 is 31.9 Å². The Morgan fingerprint density at radius 3 is 2.20 bits per heavy atom. The molecule has 0 radical (unpaired) electrons. The highest BCUT2D eigenvalue weighted by Crippen LogP contribution is 2.35. The third-order valence-electron chi connectivity index (χ3n) is 8.86. The van der Waals surface area contributed by atoms with Gasteiger partial charge in [0.2, 0.25) is 11.8 Å². The lowest BCUT2D eigenvalue weighted by atomic mass is 10.0. The van der Waals surface area contributed by atoms with E-state index < -0.39 is 34.3 Å². The number of hydrogen-bond donors (Lipinski definition) is 1. The standard InChI is InChI=1S/C37H36Cl2FN3O6S/c38-31-11-6-12-32(39)30(31)23-42(33(21-25-7-2-1-3-8-25)37(45)41-27-9-4-5-10-27)36(44)24-43(28-15-13-26(40)14-16-28)50(46,47)29-17-18-34-35(22-29)49-20-19-48-34/h1-3,6-8,11-18,22,27,33H,4-5,9-10,19-21,23-24H2,(H,41,45)/t33-/m0/s1. The Kier molecular flexibility index (Phi) is 11.2. The maximum Gasteiger partial charge on any atom is 0.264 e. The Morgan fingerprint density at radius 1 is 0.860 bits per heavy atom. The summed E-state index contributed by atoms with van der Waals surface area (Å²) in [6.45, 7) is -0.359. The average Bonchev–Trinajstić information content (AvgIpc) is 3.63. The number of anilines is 1. The van der Waals surface area contributed by atoms with E-state index in [1.54, 1.807) is 18.2 Å². The second-order valence-electron chi connectivity index (χ2n) is 12.2. The fourth-order valence-corrected chi connectivity index (χ4v) is 8.17. The number of hydrogen-bond acceptors (Lipinski definition) is 6. The van der Waals surface area contributed by atoms with E-state index in [2.05, 4.69) is 5.32 Å². The second kappa shape index (κ2) is 15.7. The minimum atomic E-state index is -4.47. The molecule has 262 valence electrons. The minimum Gasteiger partial charge on any atom is -0.486 e. The summed E-state index contributed by atoms with van der Waals surface area (Å²) < 4.78 is 55.0. The van der Waals surface area contributed by atoms with Crippen molar-refractivity contribution in [2.75, 3.05) is 24.1 Å². The summed E-state index contributed by atoms with van der Waals surface area (Å²) in [5, 5.41) is 3.69. The zero-order chi connectivity index (χ0) is 35.3. The van der Waals surface area contributed by atoms with Gasteiger partial charge in [-0.15, -0.1) is 0 Å². The van der Waals surface area contributed by atoms with Gasteiger partial charge in [-0.2, -0.15) is 0 Å². The van der Waals surface area contributed by atoms with Gasteiger partial charge in [-0.05, 0) is 66.9 Å². The van der Waals surface area contributed by atoms with Crippen LogP contribution in [0, 0.1) is 5.82 Å². The highest BCUT2D eigenvalue weighted by atomic mass is 35.5. The number of ether oxygens (including phenoxy) is 2. The topological polar surface area (TPSA) is 105 Å². The molecule has 0 spiro atoms. The van der Waals surface area contributed by atoms with Crippen molar-refractivity contribution in [1.29, 1.82) is 0 Å². The summed E-state index contributed by atoms with van der Waals surface area (Å²) in [7, 11) is -4.47. The summed E-state index contributed by atoms with van der Waals surface area (Å²) in [5.41, 5.74) is 1.24. The van der Waals surface area contributed by atoms with Crippen LogP contribution in [0.2, 0.25) is 10.0 Å². The molecule has 1 saturated carbocycles. The van der Waals surface area contributed by atoms with Gasteiger partial charge in [-0.3, -0.25) is 13.9 Å². The van der Waals surface area contributed by atoms with Crippen LogP contribution in [0.15, 0.2) is 95.9 Å². The van der Waals surface area contributed by atoms with Crippen molar-refractivity contribution >= 4 is 50.7 Å². The second-order valence-corrected chi connectivity index (χ2v) is 14.9. The van der Waals surface area contributed by atoms with Crippen molar-refractivity contribution in [3.05, 3.63) is 118 Å². The predicted molar refractivity (Wildman–Crippen MR) is 190 cm³/mol. The molecule has 1 aliphatic heterocycles. The predicted octanol–water partition coefficient (Wildman–Crippen LogP) is 6.80. The van der Waals surface area contributed by atoms with Gasteiger partial charge in [0.05, 0.1) is 10.6 Å². The number of fused-ring (bicyclic) bond motifs is 1. The van der Waals surface area contributed by atoms with Crippen LogP contribution in [0.5, 0.6) is 11.5 Å². The van der Waals surface area contributed by atoms with Crippen molar-refractivity contribution in [1.82, 2.24) is 10.2 Å². The third kappa shape index (κ3) is 8.17. The van der Waals surface area contributed by atoms with Crippen LogP contribution in [0.3, 0.4) is 0 Å². The number of sulfonamides is 1. The van der Waals surface area contributed by atoms with Crippen molar-refractivity contribution in [3.8, 4) is 11.5 Å². The molecule has 1 aliphatic carbocycles. The number of carbonyl (C=O) groups is 2. The van der Waals surface area contributed by atoms with E-state index in [-0.39, 0.29) is 57.9 Å². The molecule has 0 saturated heterocycles. The molecule has 2 amide bonds. The summed E-state index contributed by atoms with van der Waals surface area (Å²) in [4.78, 5) is 30.1. The molecule has 4 aromatic rings. The molecule has 0 unspecified atom stereocenters. The van der Waals surface area contributed by atoms with Gasteiger partial charge in [0.25, 0.3) is 10.0 Å². The van der Waals surface area contributed by atoms with Gasteiger partial charge in [-0.1, -0.05) is 72.4 Å². The van der Waals surface area contributed by atoms with E-state index >= 15 is 0 Å². The van der Waals surface area contributed by atoms with Crippen molar-refractivity contribution in [2.24, 2.45) is 0 Å². The molecule has 1 atom stereocenters. The average molecular weight is 741 g/mol. The van der Waals surface area contributed by atoms with E-state index in [4.69, 9.17) is 32.7 Å². The molecule has 6 rings (SSSR count). The summed E-state index contributed by atoms with van der Waals surface area (Å²) in [6, 6.07) is 22.0. The quantitative estimate of drug-likeness (QED) is 0.172. The maximum absolute atomic E-state index is 14.7.